The number of hydrogen-bond donors (Lipinski definition) is 1. The average Bonchev–Trinajstić information content (AvgIpc) is 3.07. The molecule has 1 aromatic rings. The van der Waals surface area contributed by atoms with Crippen LogP contribution in [0.15, 0.2) is 42.5 Å². The molecule has 27 heavy (non-hydrogen) atoms. The van der Waals surface area contributed by atoms with E-state index in [-0.39, 0.29) is 31.5 Å². The third-order valence-electron chi connectivity index (χ3n) is 5.12. The SMILES string of the molecule is CCOC(=O)[C@H]1CC=C[C@H]2[C@@H]1C[C@@H](C(=O)O)N2C(=O)OCc1ccccc1. The van der Waals surface area contributed by atoms with E-state index in [0.717, 1.165) is 5.56 Å². The quantitative estimate of drug-likeness (QED) is 0.630. The van der Waals surface area contributed by atoms with Gasteiger partial charge in [0.15, 0.2) is 0 Å². The van der Waals surface area contributed by atoms with Crippen LogP contribution >= 0.6 is 0 Å². The Balaban J connectivity index is 1.77. The number of carbonyl (C=O) groups is 3. The van der Waals surface area contributed by atoms with Crippen molar-refractivity contribution in [2.45, 2.75) is 38.5 Å². The second-order valence-electron chi connectivity index (χ2n) is 6.71. The summed E-state index contributed by atoms with van der Waals surface area (Å²) < 4.78 is 10.5. The van der Waals surface area contributed by atoms with Gasteiger partial charge in [0.1, 0.15) is 12.6 Å². The number of likely N-dealkylation sites (tertiary alicyclic amines) is 1. The normalized spacial score (nSPS) is 26.3. The summed E-state index contributed by atoms with van der Waals surface area (Å²) in [7, 11) is 0. The molecule has 1 aromatic carbocycles. The minimum absolute atomic E-state index is 0.0604. The molecule has 1 amide bonds. The fourth-order valence-electron chi connectivity index (χ4n) is 3.88. The van der Waals surface area contributed by atoms with E-state index in [2.05, 4.69) is 0 Å². The Labute approximate surface area is 157 Å². The first-order valence-corrected chi connectivity index (χ1v) is 9.08. The van der Waals surface area contributed by atoms with Gasteiger partial charge in [0.2, 0.25) is 0 Å². The second kappa shape index (κ2) is 8.24. The maximum Gasteiger partial charge on any atom is 0.411 e. The zero-order valence-corrected chi connectivity index (χ0v) is 15.1. The van der Waals surface area contributed by atoms with Crippen LogP contribution in [0.25, 0.3) is 0 Å². The van der Waals surface area contributed by atoms with E-state index in [1.807, 2.05) is 36.4 Å². The molecular weight excluding hydrogens is 350 g/mol. The first kappa shape index (κ1) is 18.9. The Morgan fingerprint density at radius 3 is 2.59 bits per heavy atom. The van der Waals surface area contributed by atoms with E-state index in [9.17, 15) is 19.5 Å². The summed E-state index contributed by atoms with van der Waals surface area (Å²) in [5.41, 5.74) is 0.817. The highest BCUT2D eigenvalue weighted by atomic mass is 16.6. The first-order chi connectivity index (χ1) is 13.0. The summed E-state index contributed by atoms with van der Waals surface area (Å²) >= 11 is 0. The molecule has 1 saturated heterocycles. The van der Waals surface area contributed by atoms with Gasteiger partial charge in [-0.25, -0.2) is 9.59 Å². The molecule has 0 saturated carbocycles. The number of carboxylic acids is 1. The lowest BCUT2D eigenvalue weighted by molar-refractivity contribution is -0.150. The molecule has 0 spiro atoms. The Bertz CT molecular complexity index is 731. The molecule has 144 valence electrons. The lowest BCUT2D eigenvalue weighted by atomic mass is 9.79. The average molecular weight is 373 g/mol. The monoisotopic (exact) mass is 373 g/mol. The van der Waals surface area contributed by atoms with Crippen molar-refractivity contribution in [2.24, 2.45) is 11.8 Å². The van der Waals surface area contributed by atoms with Crippen LogP contribution in [0.2, 0.25) is 0 Å². The largest absolute Gasteiger partial charge is 0.480 e. The number of carbonyl (C=O) groups excluding carboxylic acids is 2. The minimum Gasteiger partial charge on any atom is -0.480 e. The Morgan fingerprint density at radius 1 is 1.19 bits per heavy atom. The maximum atomic E-state index is 12.7. The maximum absolute atomic E-state index is 12.7. The van der Waals surface area contributed by atoms with E-state index < -0.39 is 30.1 Å². The van der Waals surface area contributed by atoms with Gasteiger partial charge in [-0.05, 0) is 31.2 Å². The summed E-state index contributed by atoms with van der Waals surface area (Å²) in [5.74, 6) is -2.19. The van der Waals surface area contributed by atoms with Crippen molar-refractivity contribution in [3.05, 3.63) is 48.0 Å². The number of esters is 1. The number of nitrogens with zero attached hydrogens (tertiary/aromatic N) is 1. The number of benzene rings is 1. The molecule has 2 aliphatic rings. The highest BCUT2D eigenvalue weighted by Gasteiger charge is 2.52. The number of amides is 1. The van der Waals surface area contributed by atoms with Gasteiger partial charge in [0.05, 0.1) is 18.6 Å². The fourth-order valence-corrected chi connectivity index (χ4v) is 3.88. The predicted molar refractivity (Wildman–Crippen MR) is 95.7 cm³/mol. The number of allylic oxidation sites excluding steroid dienone is 1. The number of rotatable bonds is 5. The molecule has 4 atom stereocenters. The van der Waals surface area contributed by atoms with E-state index >= 15 is 0 Å². The van der Waals surface area contributed by atoms with Crippen LogP contribution in [0.1, 0.15) is 25.3 Å². The molecule has 1 aliphatic carbocycles. The molecule has 7 heteroatoms. The fraction of sp³-hybridized carbons (Fsp3) is 0.450. The van der Waals surface area contributed by atoms with E-state index in [4.69, 9.17) is 9.47 Å². The van der Waals surface area contributed by atoms with Gasteiger partial charge in [0, 0.05) is 0 Å². The second-order valence-corrected chi connectivity index (χ2v) is 6.71. The van der Waals surface area contributed by atoms with Crippen LogP contribution in [-0.4, -0.2) is 46.7 Å². The van der Waals surface area contributed by atoms with Gasteiger partial charge in [-0.15, -0.1) is 0 Å². The third kappa shape index (κ3) is 3.97. The van der Waals surface area contributed by atoms with Gasteiger partial charge < -0.3 is 14.6 Å². The standard InChI is InChI=1S/C20H23NO6/c1-2-26-19(24)14-9-6-10-16-15(14)11-17(18(22)23)21(16)20(25)27-12-13-7-4-3-5-8-13/h3-8,10,14-17H,2,9,11-12H2,1H3,(H,22,23)/t14-,15+,16-,17-/m0/s1. The summed E-state index contributed by atoms with van der Waals surface area (Å²) in [6, 6.07) is 7.67. The van der Waals surface area contributed by atoms with E-state index in [1.165, 1.54) is 4.90 Å². The van der Waals surface area contributed by atoms with Crippen LogP contribution in [0.4, 0.5) is 4.79 Å². The molecular formula is C20H23NO6. The molecule has 1 fully saturated rings. The minimum atomic E-state index is -1.10. The summed E-state index contributed by atoms with van der Waals surface area (Å²) in [5, 5.41) is 9.60. The van der Waals surface area contributed by atoms with E-state index in [0.29, 0.717) is 6.42 Å². The lowest BCUT2D eigenvalue weighted by Gasteiger charge is -2.32. The third-order valence-corrected chi connectivity index (χ3v) is 5.12. The zero-order chi connectivity index (χ0) is 19.4. The van der Waals surface area contributed by atoms with Gasteiger partial charge in [-0.1, -0.05) is 42.5 Å². The number of aliphatic carboxylic acids is 1. The molecule has 1 aliphatic heterocycles. The highest BCUT2D eigenvalue weighted by molar-refractivity contribution is 5.82. The summed E-state index contributed by atoms with van der Waals surface area (Å²) in [6.07, 6.45) is 3.61. The first-order valence-electron chi connectivity index (χ1n) is 9.08. The van der Waals surface area contributed by atoms with Crippen molar-refractivity contribution in [2.75, 3.05) is 6.61 Å². The van der Waals surface area contributed by atoms with Crippen molar-refractivity contribution in [3.8, 4) is 0 Å². The summed E-state index contributed by atoms with van der Waals surface area (Å²) in [6.45, 7) is 2.06. The van der Waals surface area contributed by atoms with Crippen molar-refractivity contribution < 1.29 is 29.0 Å². The smallest absolute Gasteiger partial charge is 0.411 e. The summed E-state index contributed by atoms with van der Waals surface area (Å²) in [4.78, 5) is 37.9. The molecule has 1 heterocycles. The van der Waals surface area contributed by atoms with Crippen molar-refractivity contribution in [1.82, 2.24) is 4.90 Å². The van der Waals surface area contributed by atoms with Crippen LogP contribution in [0.3, 0.4) is 0 Å². The van der Waals surface area contributed by atoms with Gasteiger partial charge in [-0.3, -0.25) is 9.69 Å². The van der Waals surface area contributed by atoms with E-state index in [1.54, 1.807) is 13.0 Å². The van der Waals surface area contributed by atoms with Crippen LogP contribution in [-0.2, 0) is 25.7 Å². The van der Waals surface area contributed by atoms with Crippen molar-refractivity contribution in [3.63, 3.8) is 0 Å². The van der Waals surface area contributed by atoms with Crippen molar-refractivity contribution >= 4 is 18.0 Å². The predicted octanol–water partition coefficient (Wildman–Crippen LogP) is 2.61. The lowest BCUT2D eigenvalue weighted by Crippen LogP contribution is -2.46. The van der Waals surface area contributed by atoms with Gasteiger partial charge in [0.25, 0.3) is 0 Å². The Hall–Kier alpha value is -2.83. The molecule has 0 aromatic heterocycles. The van der Waals surface area contributed by atoms with Crippen LogP contribution in [0.5, 0.6) is 0 Å². The molecule has 0 radical (unpaired) electrons. The van der Waals surface area contributed by atoms with Crippen LogP contribution in [0, 0.1) is 11.8 Å². The van der Waals surface area contributed by atoms with Gasteiger partial charge in [-0.2, -0.15) is 0 Å². The molecule has 0 bridgehead atoms. The number of fused-ring (bicyclic) bond motifs is 1. The number of hydrogen-bond acceptors (Lipinski definition) is 5. The molecule has 1 N–H and O–H groups in total. The van der Waals surface area contributed by atoms with Gasteiger partial charge >= 0.3 is 18.0 Å². The molecule has 0 unspecified atom stereocenters. The number of ether oxygens (including phenoxy) is 2. The van der Waals surface area contributed by atoms with Crippen LogP contribution < -0.4 is 0 Å². The zero-order valence-electron chi connectivity index (χ0n) is 15.1. The Kier molecular flexibility index (Phi) is 5.78. The molecule has 3 rings (SSSR count). The Morgan fingerprint density at radius 2 is 1.93 bits per heavy atom. The van der Waals surface area contributed by atoms with Crippen molar-refractivity contribution in [1.29, 1.82) is 0 Å². The molecule has 7 nitrogen and oxygen atoms in total. The topological polar surface area (TPSA) is 93.1 Å². The number of carboxylic acid groups (broad SMARTS) is 1. The highest BCUT2D eigenvalue weighted by Crippen LogP contribution is 2.41.